The van der Waals surface area contributed by atoms with E-state index in [4.69, 9.17) is 14.2 Å². The molecule has 2 saturated heterocycles. The van der Waals surface area contributed by atoms with Crippen molar-refractivity contribution in [3.05, 3.63) is 25.3 Å². The molecule has 15 heavy (non-hydrogen) atoms. The van der Waals surface area contributed by atoms with Gasteiger partial charge in [-0.2, -0.15) is 0 Å². The molecule has 0 aromatic heterocycles. The van der Waals surface area contributed by atoms with E-state index in [9.17, 15) is 0 Å². The Morgan fingerprint density at radius 3 is 1.73 bits per heavy atom. The summed E-state index contributed by atoms with van der Waals surface area (Å²) >= 11 is 0. The van der Waals surface area contributed by atoms with Crippen molar-refractivity contribution >= 4 is 0 Å². The maximum Gasteiger partial charge on any atom is 0.107 e. The second kappa shape index (κ2) is 4.92. The SMILES string of the molecule is C=CCC(OC(CC=C)C1CO1)C1CO1. The molecule has 0 aliphatic carbocycles. The quantitative estimate of drug-likeness (QED) is 0.451. The Balaban J connectivity index is 1.83. The van der Waals surface area contributed by atoms with Gasteiger partial charge < -0.3 is 14.2 Å². The highest BCUT2D eigenvalue weighted by atomic mass is 16.6. The van der Waals surface area contributed by atoms with Gasteiger partial charge in [0.2, 0.25) is 0 Å². The van der Waals surface area contributed by atoms with Gasteiger partial charge in [-0.15, -0.1) is 13.2 Å². The van der Waals surface area contributed by atoms with Crippen LogP contribution in [0.5, 0.6) is 0 Å². The minimum Gasteiger partial charge on any atom is -0.370 e. The van der Waals surface area contributed by atoms with E-state index < -0.39 is 0 Å². The molecule has 0 radical (unpaired) electrons. The highest BCUT2D eigenvalue weighted by Gasteiger charge is 2.39. The molecule has 0 spiro atoms. The topological polar surface area (TPSA) is 34.3 Å². The first kappa shape index (κ1) is 10.9. The van der Waals surface area contributed by atoms with Gasteiger partial charge in [0.1, 0.15) is 12.2 Å². The van der Waals surface area contributed by atoms with Crippen molar-refractivity contribution in [2.75, 3.05) is 13.2 Å². The van der Waals surface area contributed by atoms with Gasteiger partial charge in [-0.1, -0.05) is 12.2 Å². The van der Waals surface area contributed by atoms with Crippen LogP contribution in [0.1, 0.15) is 12.8 Å². The van der Waals surface area contributed by atoms with Gasteiger partial charge in [0.15, 0.2) is 0 Å². The fraction of sp³-hybridized carbons (Fsp3) is 0.667. The average Bonchev–Trinajstić information content (AvgIpc) is 3.05. The smallest absolute Gasteiger partial charge is 0.107 e. The Labute approximate surface area is 90.7 Å². The maximum absolute atomic E-state index is 5.99. The molecule has 4 atom stereocenters. The van der Waals surface area contributed by atoms with Crippen molar-refractivity contribution < 1.29 is 14.2 Å². The molecule has 0 N–H and O–H groups in total. The third kappa shape index (κ3) is 3.16. The van der Waals surface area contributed by atoms with E-state index in [0.717, 1.165) is 26.1 Å². The second-order valence-electron chi connectivity index (χ2n) is 4.01. The van der Waals surface area contributed by atoms with Crippen LogP contribution in [0, 0.1) is 0 Å². The van der Waals surface area contributed by atoms with Gasteiger partial charge in [0.25, 0.3) is 0 Å². The standard InChI is InChI=1S/C12H18O3/c1-3-5-9(11-7-13-11)15-10(6-4-2)12-8-14-12/h3-4,9-12H,1-2,5-8H2. The summed E-state index contributed by atoms with van der Waals surface area (Å²) in [6, 6.07) is 0. The van der Waals surface area contributed by atoms with Gasteiger partial charge in [-0.3, -0.25) is 0 Å². The predicted octanol–water partition coefficient (Wildman–Crippen LogP) is 1.69. The normalized spacial score (nSPS) is 31.7. The summed E-state index contributed by atoms with van der Waals surface area (Å²) in [5.74, 6) is 0. The lowest BCUT2D eigenvalue weighted by Crippen LogP contribution is -2.29. The van der Waals surface area contributed by atoms with Crippen LogP contribution in [0.15, 0.2) is 25.3 Å². The molecular formula is C12H18O3. The van der Waals surface area contributed by atoms with E-state index in [1.165, 1.54) is 0 Å². The molecular weight excluding hydrogens is 192 g/mol. The van der Waals surface area contributed by atoms with Crippen molar-refractivity contribution in [1.29, 1.82) is 0 Å². The van der Waals surface area contributed by atoms with Crippen molar-refractivity contribution in [3.8, 4) is 0 Å². The lowest BCUT2D eigenvalue weighted by atomic mass is 10.1. The largest absolute Gasteiger partial charge is 0.370 e. The zero-order valence-corrected chi connectivity index (χ0v) is 8.93. The van der Waals surface area contributed by atoms with Crippen LogP contribution >= 0.6 is 0 Å². The molecule has 0 saturated carbocycles. The Hall–Kier alpha value is -0.640. The van der Waals surface area contributed by atoms with Crippen LogP contribution < -0.4 is 0 Å². The predicted molar refractivity (Wildman–Crippen MR) is 57.8 cm³/mol. The second-order valence-corrected chi connectivity index (χ2v) is 4.01. The van der Waals surface area contributed by atoms with Crippen molar-refractivity contribution in [3.63, 3.8) is 0 Å². The van der Waals surface area contributed by atoms with E-state index in [0.29, 0.717) is 0 Å². The van der Waals surface area contributed by atoms with Crippen molar-refractivity contribution in [2.24, 2.45) is 0 Å². The number of hydrogen-bond donors (Lipinski definition) is 0. The summed E-state index contributed by atoms with van der Waals surface area (Å²) in [6.07, 6.45) is 6.23. The molecule has 2 aliphatic heterocycles. The van der Waals surface area contributed by atoms with Gasteiger partial charge in [0, 0.05) is 0 Å². The van der Waals surface area contributed by atoms with Gasteiger partial charge in [0.05, 0.1) is 25.4 Å². The van der Waals surface area contributed by atoms with Crippen LogP contribution in [0.25, 0.3) is 0 Å². The van der Waals surface area contributed by atoms with Gasteiger partial charge >= 0.3 is 0 Å². The molecule has 3 nitrogen and oxygen atoms in total. The monoisotopic (exact) mass is 210 g/mol. The maximum atomic E-state index is 5.99. The highest BCUT2D eigenvalue weighted by Crippen LogP contribution is 2.27. The van der Waals surface area contributed by atoms with Crippen molar-refractivity contribution in [1.82, 2.24) is 0 Å². The molecule has 0 amide bonds. The summed E-state index contributed by atoms with van der Waals surface area (Å²) in [7, 11) is 0. The zero-order valence-electron chi connectivity index (χ0n) is 8.93. The third-order valence-corrected chi connectivity index (χ3v) is 2.70. The van der Waals surface area contributed by atoms with Crippen LogP contribution in [0.3, 0.4) is 0 Å². The Bertz CT molecular complexity index is 207. The fourth-order valence-electron chi connectivity index (χ4n) is 1.68. The molecule has 2 rings (SSSR count). The summed E-state index contributed by atoms with van der Waals surface area (Å²) < 4.78 is 16.5. The molecule has 0 aromatic rings. The zero-order chi connectivity index (χ0) is 10.7. The lowest BCUT2D eigenvalue weighted by Gasteiger charge is -2.20. The number of rotatable bonds is 8. The number of epoxide rings is 2. The number of hydrogen-bond acceptors (Lipinski definition) is 3. The molecule has 2 fully saturated rings. The molecule has 4 unspecified atom stereocenters. The minimum atomic E-state index is 0.136. The number of ether oxygens (including phenoxy) is 3. The summed E-state index contributed by atoms with van der Waals surface area (Å²) in [5, 5.41) is 0. The summed E-state index contributed by atoms with van der Waals surface area (Å²) in [5.41, 5.74) is 0. The first-order valence-electron chi connectivity index (χ1n) is 5.45. The molecule has 3 heteroatoms. The van der Waals surface area contributed by atoms with Gasteiger partial charge in [-0.05, 0) is 12.8 Å². The Kier molecular flexibility index (Phi) is 3.57. The first-order valence-corrected chi connectivity index (χ1v) is 5.45. The lowest BCUT2D eigenvalue weighted by molar-refractivity contribution is -0.0343. The van der Waals surface area contributed by atoms with Gasteiger partial charge in [-0.25, -0.2) is 0 Å². The molecule has 84 valence electrons. The van der Waals surface area contributed by atoms with Crippen molar-refractivity contribution in [2.45, 2.75) is 37.3 Å². The molecule has 2 aliphatic rings. The van der Waals surface area contributed by atoms with E-state index in [1.807, 2.05) is 12.2 Å². The van der Waals surface area contributed by atoms with E-state index in [1.54, 1.807) is 0 Å². The summed E-state index contributed by atoms with van der Waals surface area (Å²) in [6.45, 7) is 9.10. The van der Waals surface area contributed by atoms with Crippen LogP contribution in [0.2, 0.25) is 0 Å². The molecule has 0 aromatic carbocycles. The first-order chi connectivity index (χ1) is 7.35. The Morgan fingerprint density at radius 2 is 1.47 bits per heavy atom. The van der Waals surface area contributed by atoms with Crippen LogP contribution in [-0.2, 0) is 14.2 Å². The highest BCUT2D eigenvalue weighted by molar-refractivity contribution is 4.91. The van der Waals surface area contributed by atoms with Crippen LogP contribution in [-0.4, -0.2) is 37.6 Å². The van der Waals surface area contributed by atoms with E-state index in [-0.39, 0.29) is 24.4 Å². The summed E-state index contributed by atoms with van der Waals surface area (Å²) in [4.78, 5) is 0. The van der Waals surface area contributed by atoms with E-state index >= 15 is 0 Å². The fourth-order valence-corrected chi connectivity index (χ4v) is 1.68. The minimum absolute atomic E-state index is 0.136. The average molecular weight is 210 g/mol. The Morgan fingerprint density at radius 1 is 1.07 bits per heavy atom. The van der Waals surface area contributed by atoms with Crippen LogP contribution in [0.4, 0.5) is 0 Å². The van der Waals surface area contributed by atoms with E-state index in [2.05, 4.69) is 13.2 Å². The third-order valence-electron chi connectivity index (χ3n) is 2.70. The molecule has 2 heterocycles. The molecule has 0 bridgehead atoms.